The summed E-state index contributed by atoms with van der Waals surface area (Å²) in [6, 6.07) is 1.48. The van der Waals surface area contributed by atoms with E-state index in [2.05, 4.69) is 20.4 Å². The van der Waals surface area contributed by atoms with Crippen LogP contribution in [0, 0.1) is 0 Å². The van der Waals surface area contributed by atoms with Crippen molar-refractivity contribution in [2.45, 2.75) is 6.92 Å². The van der Waals surface area contributed by atoms with Crippen LogP contribution in [0.4, 0.5) is 10.6 Å². The van der Waals surface area contributed by atoms with E-state index in [9.17, 15) is 9.90 Å². The van der Waals surface area contributed by atoms with E-state index in [0.717, 1.165) is 4.90 Å². The number of fused-ring (bicyclic) bond motifs is 1. The minimum atomic E-state index is -1.34. The van der Waals surface area contributed by atoms with Crippen LogP contribution in [0.25, 0.3) is 11.0 Å². The second-order valence-corrected chi connectivity index (χ2v) is 3.33. The maximum absolute atomic E-state index is 10.8. The van der Waals surface area contributed by atoms with Crippen LogP contribution in [0.1, 0.15) is 6.92 Å². The molecule has 84 valence electrons. The largest absolute Gasteiger partial charge is 0.530 e. The summed E-state index contributed by atoms with van der Waals surface area (Å²) in [6.07, 6.45) is -1.34. The molecule has 0 aromatic carbocycles. The molecular weight excluding hydrogens is 234 g/mol. The molecule has 0 aliphatic heterocycles. The number of aromatic nitrogens is 4. The van der Waals surface area contributed by atoms with E-state index < -0.39 is 6.09 Å². The maximum Gasteiger partial charge on any atom is 0.161 e. The van der Waals surface area contributed by atoms with Crippen molar-refractivity contribution in [2.24, 2.45) is 0 Å². The van der Waals surface area contributed by atoms with E-state index in [-0.39, 0.29) is 17.5 Å². The van der Waals surface area contributed by atoms with Crippen LogP contribution in [0.15, 0.2) is 6.07 Å². The number of halogens is 1. The second-order valence-electron chi connectivity index (χ2n) is 2.97. The topological polar surface area (TPSA) is 97.8 Å². The molecule has 16 heavy (non-hydrogen) atoms. The fraction of sp³-hybridized carbons (Fsp3) is 0.250. The second kappa shape index (κ2) is 3.93. The number of pyridine rings is 1. The van der Waals surface area contributed by atoms with Gasteiger partial charge in [0.15, 0.2) is 5.15 Å². The van der Waals surface area contributed by atoms with Gasteiger partial charge in [0, 0.05) is 12.6 Å². The Balaban J connectivity index is 2.56. The highest BCUT2D eigenvalue weighted by Gasteiger charge is 2.12. The molecule has 0 saturated heterocycles. The molecule has 0 saturated carbocycles. The SMILES string of the molecule is CCN(C(=O)[O-])c1cc2n[nH]nc2c(Cl)n1. The van der Waals surface area contributed by atoms with Crippen molar-refractivity contribution in [1.82, 2.24) is 20.4 Å². The first-order valence-corrected chi connectivity index (χ1v) is 4.86. The minimum absolute atomic E-state index is 0.0981. The van der Waals surface area contributed by atoms with Gasteiger partial charge < -0.3 is 14.8 Å². The highest BCUT2D eigenvalue weighted by atomic mass is 35.5. The number of carboxylic acid groups (broad SMARTS) is 1. The van der Waals surface area contributed by atoms with E-state index in [1.54, 1.807) is 6.92 Å². The van der Waals surface area contributed by atoms with Gasteiger partial charge >= 0.3 is 0 Å². The summed E-state index contributed by atoms with van der Waals surface area (Å²) in [5.41, 5.74) is 0.856. The van der Waals surface area contributed by atoms with Gasteiger partial charge in [-0.2, -0.15) is 15.4 Å². The van der Waals surface area contributed by atoms with Gasteiger partial charge in [-0.15, -0.1) is 0 Å². The van der Waals surface area contributed by atoms with Gasteiger partial charge in [0.25, 0.3) is 0 Å². The molecule has 0 bridgehead atoms. The van der Waals surface area contributed by atoms with Crippen LogP contribution < -0.4 is 10.0 Å². The number of amides is 1. The van der Waals surface area contributed by atoms with Crippen molar-refractivity contribution < 1.29 is 9.90 Å². The summed E-state index contributed by atoms with van der Waals surface area (Å²) >= 11 is 5.84. The Labute approximate surface area is 95.0 Å². The highest BCUT2D eigenvalue weighted by molar-refractivity contribution is 6.33. The molecule has 2 heterocycles. The Hall–Kier alpha value is -1.89. The van der Waals surface area contributed by atoms with E-state index >= 15 is 0 Å². The average Bonchev–Trinajstić information content (AvgIpc) is 2.66. The summed E-state index contributed by atoms with van der Waals surface area (Å²) in [6.45, 7) is 1.88. The summed E-state index contributed by atoms with van der Waals surface area (Å²) in [5.74, 6) is 0.175. The average molecular weight is 241 g/mol. The lowest BCUT2D eigenvalue weighted by Gasteiger charge is -2.21. The molecule has 1 N–H and O–H groups in total. The molecule has 0 aliphatic rings. The summed E-state index contributed by atoms with van der Waals surface area (Å²) in [7, 11) is 0. The van der Waals surface area contributed by atoms with Gasteiger partial charge in [-0.3, -0.25) is 0 Å². The molecular formula is C8H7ClN5O2-. The number of carbonyl (C=O) groups is 1. The fourth-order valence-corrected chi connectivity index (χ4v) is 1.55. The monoisotopic (exact) mass is 240 g/mol. The number of rotatable bonds is 2. The van der Waals surface area contributed by atoms with E-state index in [0.29, 0.717) is 11.0 Å². The molecule has 2 aromatic rings. The highest BCUT2D eigenvalue weighted by Crippen LogP contribution is 2.22. The molecule has 8 heteroatoms. The number of anilines is 1. The lowest BCUT2D eigenvalue weighted by molar-refractivity contribution is -0.246. The molecule has 0 radical (unpaired) electrons. The third kappa shape index (κ3) is 1.65. The zero-order valence-corrected chi connectivity index (χ0v) is 9.02. The number of aromatic amines is 1. The number of H-pyrrole nitrogens is 1. The zero-order valence-electron chi connectivity index (χ0n) is 8.27. The predicted octanol–water partition coefficient (Wildman–Crippen LogP) is 0.176. The van der Waals surface area contributed by atoms with E-state index in [1.165, 1.54) is 6.07 Å². The summed E-state index contributed by atoms with van der Waals surface area (Å²) in [4.78, 5) is 15.7. The third-order valence-electron chi connectivity index (χ3n) is 2.06. The number of carbonyl (C=O) groups excluding carboxylic acids is 1. The molecule has 7 nitrogen and oxygen atoms in total. The van der Waals surface area contributed by atoms with Crippen LogP contribution >= 0.6 is 11.6 Å². The number of hydrogen-bond acceptors (Lipinski definition) is 5. The summed E-state index contributed by atoms with van der Waals surface area (Å²) in [5, 5.41) is 20.9. The fourth-order valence-electron chi connectivity index (χ4n) is 1.32. The van der Waals surface area contributed by atoms with Crippen LogP contribution in [-0.4, -0.2) is 33.0 Å². The first-order valence-electron chi connectivity index (χ1n) is 4.49. The minimum Gasteiger partial charge on any atom is -0.530 e. The van der Waals surface area contributed by atoms with Crippen molar-refractivity contribution in [2.75, 3.05) is 11.4 Å². The molecule has 0 unspecified atom stereocenters. The van der Waals surface area contributed by atoms with Crippen molar-refractivity contribution in [1.29, 1.82) is 0 Å². The van der Waals surface area contributed by atoms with Crippen LogP contribution in [0.3, 0.4) is 0 Å². The summed E-state index contributed by atoms with van der Waals surface area (Å²) < 4.78 is 0. The lowest BCUT2D eigenvalue weighted by atomic mass is 10.3. The van der Waals surface area contributed by atoms with Crippen LogP contribution in [-0.2, 0) is 0 Å². The maximum atomic E-state index is 10.8. The Bertz CT molecular complexity index is 540. The normalized spacial score (nSPS) is 10.6. The first kappa shape index (κ1) is 10.6. The number of nitrogens with one attached hydrogen (secondary N) is 1. The Morgan fingerprint density at radius 2 is 2.38 bits per heavy atom. The standard InChI is InChI=1S/C8H8ClN5O2/c1-2-14(8(15)16)5-3-4-6(7(9)10-5)12-13-11-4/h3H,2H2,1H3,(H,15,16)(H,11,12,13)/p-1. The van der Waals surface area contributed by atoms with Crippen LogP contribution in [0.2, 0.25) is 5.15 Å². The Morgan fingerprint density at radius 3 is 3.00 bits per heavy atom. The number of nitrogens with zero attached hydrogens (tertiary/aromatic N) is 4. The van der Waals surface area contributed by atoms with Gasteiger partial charge in [-0.1, -0.05) is 11.6 Å². The zero-order chi connectivity index (χ0) is 11.7. The predicted molar refractivity (Wildman–Crippen MR) is 55.1 cm³/mol. The van der Waals surface area contributed by atoms with Crippen LogP contribution in [0.5, 0.6) is 0 Å². The van der Waals surface area contributed by atoms with Crippen molar-refractivity contribution in [3.05, 3.63) is 11.2 Å². The van der Waals surface area contributed by atoms with Gasteiger partial charge in [-0.25, -0.2) is 4.98 Å². The molecule has 2 rings (SSSR count). The quantitative estimate of drug-likeness (QED) is 0.755. The van der Waals surface area contributed by atoms with Gasteiger partial charge in [0.2, 0.25) is 0 Å². The van der Waals surface area contributed by atoms with E-state index in [1.807, 2.05) is 0 Å². The van der Waals surface area contributed by atoms with Crippen molar-refractivity contribution >= 4 is 34.5 Å². The first-order chi connectivity index (χ1) is 7.63. The van der Waals surface area contributed by atoms with Gasteiger partial charge in [-0.05, 0) is 6.92 Å². The van der Waals surface area contributed by atoms with E-state index in [4.69, 9.17) is 11.6 Å². The van der Waals surface area contributed by atoms with Gasteiger partial charge in [0.1, 0.15) is 22.9 Å². The molecule has 2 aromatic heterocycles. The molecule has 0 fully saturated rings. The lowest BCUT2D eigenvalue weighted by Crippen LogP contribution is -2.41. The number of hydrogen-bond donors (Lipinski definition) is 1. The smallest absolute Gasteiger partial charge is 0.161 e. The molecule has 0 spiro atoms. The molecule has 1 amide bonds. The third-order valence-corrected chi connectivity index (χ3v) is 2.33. The molecule has 0 aliphatic carbocycles. The van der Waals surface area contributed by atoms with Crippen molar-refractivity contribution in [3.8, 4) is 0 Å². The van der Waals surface area contributed by atoms with Gasteiger partial charge in [0.05, 0.1) is 0 Å². The Morgan fingerprint density at radius 1 is 1.62 bits per heavy atom. The molecule has 0 atom stereocenters. The van der Waals surface area contributed by atoms with Crippen molar-refractivity contribution in [3.63, 3.8) is 0 Å². The Kier molecular flexibility index (Phi) is 2.61.